The lowest BCUT2D eigenvalue weighted by molar-refractivity contribution is 0.469. The molecule has 4 heteroatoms. The van der Waals surface area contributed by atoms with Gasteiger partial charge in [0.2, 0.25) is 0 Å². The van der Waals surface area contributed by atoms with Crippen LogP contribution in [0.5, 0.6) is 0 Å². The van der Waals surface area contributed by atoms with Gasteiger partial charge in [0, 0.05) is 29.7 Å². The number of benzene rings is 1. The summed E-state index contributed by atoms with van der Waals surface area (Å²) in [6.07, 6.45) is 4.02. The van der Waals surface area contributed by atoms with Crippen LogP contribution in [0.15, 0.2) is 30.5 Å². The number of rotatable bonds is 6. The van der Waals surface area contributed by atoms with Crippen molar-refractivity contribution >= 4 is 11.6 Å². The van der Waals surface area contributed by atoms with Crippen molar-refractivity contribution in [2.45, 2.75) is 45.7 Å². The SMILES string of the molecule is CCC(C)n1ccc(CC(NC)c2ccc(C)c(Cl)c2)n1. The molecular weight excluding hydrogens is 282 g/mol. The van der Waals surface area contributed by atoms with E-state index in [0.29, 0.717) is 6.04 Å². The molecule has 0 aliphatic carbocycles. The van der Waals surface area contributed by atoms with Crippen molar-refractivity contribution < 1.29 is 0 Å². The van der Waals surface area contributed by atoms with E-state index < -0.39 is 0 Å². The molecule has 3 nitrogen and oxygen atoms in total. The van der Waals surface area contributed by atoms with Crippen LogP contribution in [0.2, 0.25) is 5.02 Å². The molecule has 21 heavy (non-hydrogen) atoms. The number of hydrogen-bond donors (Lipinski definition) is 1. The minimum Gasteiger partial charge on any atom is -0.313 e. The molecule has 0 amide bonds. The highest BCUT2D eigenvalue weighted by Gasteiger charge is 2.14. The summed E-state index contributed by atoms with van der Waals surface area (Å²) in [4.78, 5) is 0. The van der Waals surface area contributed by atoms with Crippen LogP contribution in [-0.2, 0) is 6.42 Å². The Hall–Kier alpha value is -1.32. The molecule has 1 aromatic carbocycles. The monoisotopic (exact) mass is 305 g/mol. The Bertz CT molecular complexity index is 591. The lowest BCUT2D eigenvalue weighted by Crippen LogP contribution is -2.19. The van der Waals surface area contributed by atoms with Crippen LogP contribution in [0.3, 0.4) is 0 Å². The van der Waals surface area contributed by atoms with Crippen molar-refractivity contribution in [3.8, 4) is 0 Å². The summed E-state index contributed by atoms with van der Waals surface area (Å²) < 4.78 is 2.05. The van der Waals surface area contributed by atoms with Crippen molar-refractivity contribution in [1.29, 1.82) is 0 Å². The normalized spacial score (nSPS) is 14.1. The van der Waals surface area contributed by atoms with Gasteiger partial charge >= 0.3 is 0 Å². The topological polar surface area (TPSA) is 29.9 Å². The van der Waals surface area contributed by atoms with E-state index in [1.165, 1.54) is 5.56 Å². The minimum absolute atomic E-state index is 0.225. The van der Waals surface area contributed by atoms with Crippen LogP contribution in [-0.4, -0.2) is 16.8 Å². The van der Waals surface area contributed by atoms with Gasteiger partial charge in [-0.15, -0.1) is 0 Å². The molecule has 114 valence electrons. The summed E-state index contributed by atoms with van der Waals surface area (Å²) in [5.41, 5.74) is 3.41. The summed E-state index contributed by atoms with van der Waals surface area (Å²) in [5.74, 6) is 0. The van der Waals surface area contributed by atoms with Crippen LogP contribution < -0.4 is 5.32 Å². The highest BCUT2D eigenvalue weighted by Crippen LogP contribution is 2.23. The fraction of sp³-hybridized carbons (Fsp3) is 0.471. The molecule has 2 atom stereocenters. The average molecular weight is 306 g/mol. The van der Waals surface area contributed by atoms with Gasteiger partial charge in [0.15, 0.2) is 0 Å². The molecule has 2 unspecified atom stereocenters. The van der Waals surface area contributed by atoms with E-state index in [9.17, 15) is 0 Å². The third kappa shape index (κ3) is 3.86. The van der Waals surface area contributed by atoms with Crippen LogP contribution in [0, 0.1) is 6.92 Å². The van der Waals surface area contributed by atoms with E-state index in [4.69, 9.17) is 11.6 Å². The lowest BCUT2D eigenvalue weighted by Gasteiger charge is -2.16. The Labute approximate surface area is 132 Å². The van der Waals surface area contributed by atoms with E-state index in [0.717, 1.165) is 29.1 Å². The predicted octanol–water partition coefficient (Wildman–Crippen LogP) is 4.32. The van der Waals surface area contributed by atoms with Crippen molar-refractivity contribution in [2.24, 2.45) is 0 Å². The summed E-state index contributed by atoms with van der Waals surface area (Å²) in [6, 6.07) is 9.02. The maximum atomic E-state index is 6.23. The Morgan fingerprint density at radius 2 is 2.10 bits per heavy atom. The van der Waals surface area contributed by atoms with Gasteiger partial charge < -0.3 is 5.32 Å². The number of aryl methyl sites for hydroxylation is 1. The molecule has 2 aromatic rings. The maximum absolute atomic E-state index is 6.23. The molecular formula is C17H24ClN3. The largest absolute Gasteiger partial charge is 0.313 e. The summed E-state index contributed by atoms with van der Waals surface area (Å²) >= 11 is 6.23. The van der Waals surface area contributed by atoms with Gasteiger partial charge in [-0.25, -0.2) is 0 Å². The number of aromatic nitrogens is 2. The summed E-state index contributed by atoms with van der Waals surface area (Å²) in [6.45, 7) is 6.39. The van der Waals surface area contributed by atoms with Crippen molar-refractivity contribution in [1.82, 2.24) is 15.1 Å². The lowest BCUT2D eigenvalue weighted by atomic mass is 10.0. The van der Waals surface area contributed by atoms with E-state index in [-0.39, 0.29) is 6.04 Å². The van der Waals surface area contributed by atoms with Crippen molar-refractivity contribution in [3.63, 3.8) is 0 Å². The van der Waals surface area contributed by atoms with Crippen LogP contribution in [0.25, 0.3) is 0 Å². The number of nitrogens with one attached hydrogen (secondary N) is 1. The highest BCUT2D eigenvalue weighted by molar-refractivity contribution is 6.31. The van der Waals surface area contributed by atoms with E-state index >= 15 is 0 Å². The molecule has 1 aromatic heterocycles. The molecule has 0 spiro atoms. The highest BCUT2D eigenvalue weighted by atomic mass is 35.5. The Morgan fingerprint density at radius 1 is 1.33 bits per heavy atom. The van der Waals surface area contributed by atoms with Gasteiger partial charge in [-0.05, 0) is 50.6 Å². The Morgan fingerprint density at radius 3 is 2.71 bits per heavy atom. The molecule has 1 N–H and O–H groups in total. The Balaban J connectivity index is 2.15. The fourth-order valence-electron chi connectivity index (χ4n) is 2.34. The molecule has 2 rings (SSSR count). The van der Waals surface area contributed by atoms with Gasteiger partial charge in [0.1, 0.15) is 0 Å². The third-order valence-electron chi connectivity index (χ3n) is 4.07. The number of halogens is 1. The van der Waals surface area contributed by atoms with Gasteiger partial charge in [-0.2, -0.15) is 5.10 Å². The van der Waals surface area contributed by atoms with Gasteiger partial charge in [-0.3, -0.25) is 4.68 Å². The van der Waals surface area contributed by atoms with E-state index in [2.05, 4.69) is 48.7 Å². The second kappa shape index (κ2) is 7.10. The first-order valence-electron chi connectivity index (χ1n) is 7.52. The van der Waals surface area contributed by atoms with Crippen molar-refractivity contribution in [2.75, 3.05) is 7.05 Å². The smallest absolute Gasteiger partial charge is 0.0643 e. The van der Waals surface area contributed by atoms with Crippen molar-refractivity contribution in [3.05, 3.63) is 52.3 Å². The molecule has 0 fully saturated rings. The molecule has 1 heterocycles. The average Bonchev–Trinajstić information content (AvgIpc) is 2.95. The van der Waals surface area contributed by atoms with Gasteiger partial charge in [0.05, 0.1) is 5.69 Å². The zero-order chi connectivity index (χ0) is 15.4. The van der Waals surface area contributed by atoms with Gasteiger partial charge in [0.25, 0.3) is 0 Å². The third-order valence-corrected chi connectivity index (χ3v) is 4.47. The van der Waals surface area contributed by atoms with E-state index in [1.807, 2.05) is 24.7 Å². The van der Waals surface area contributed by atoms with E-state index in [1.54, 1.807) is 0 Å². The zero-order valence-corrected chi connectivity index (χ0v) is 14.0. The minimum atomic E-state index is 0.225. The summed E-state index contributed by atoms with van der Waals surface area (Å²) in [5, 5.41) is 8.85. The molecule has 0 saturated heterocycles. The maximum Gasteiger partial charge on any atom is 0.0643 e. The molecule has 0 aliphatic heterocycles. The quantitative estimate of drug-likeness (QED) is 0.861. The standard InChI is InChI=1S/C17H24ClN3/c1-5-13(3)21-9-8-15(20-21)11-17(19-4)14-7-6-12(2)16(18)10-14/h6-10,13,17,19H,5,11H2,1-4H3. The molecule has 0 bridgehead atoms. The zero-order valence-electron chi connectivity index (χ0n) is 13.2. The number of hydrogen-bond acceptors (Lipinski definition) is 2. The first kappa shape index (κ1) is 16.1. The molecule has 0 radical (unpaired) electrons. The van der Waals surface area contributed by atoms with Crippen LogP contribution in [0.1, 0.15) is 49.2 Å². The first-order valence-corrected chi connectivity index (χ1v) is 7.90. The number of nitrogens with zero attached hydrogens (tertiary/aromatic N) is 2. The van der Waals surface area contributed by atoms with Crippen LogP contribution >= 0.6 is 11.6 Å². The van der Waals surface area contributed by atoms with Crippen LogP contribution in [0.4, 0.5) is 0 Å². The Kier molecular flexibility index (Phi) is 5.43. The fourth-order valence-corrected chi connectivity index (χ4v) is 2.53. The van der Waals surface area contributed by atoms with Gasteiger partial charge in [-0.1, -0.05) is 30.7 Å². The molecule has 0 aliphatic rings. The number of likely N-dealkylation sites (N-methyl/N-ethyl adjacent to an activating group) is 1. The molecule has 0 saturated carbocycles. The first-order chi connectivity index (χ1) is 10.0. The second-order valence-corrected chi connectivity index (χ2v) is 6.01. The second-order valence-electron chi connectivity index (χ2n) is 5.60. The summed E-state index contributed by atoms with van der Waals surface area (Å²) in [7, 11) is 1.98. The predicted molar refractivity (Wildman–Crippen MR) is 88.9 cm³/mol.